The fourth-order valence-electron chi connectivity index (χ4n) is 2.36. The first-order valence-corrected chi connectivity index (χ1v) is 7.18. The summed E-state index contributed by atoms with van der Waals surface area (Å²) in [5, 5.41) is 0. The molecule has 0 heterocycles. The molecule has 0 aliphatic heterocycles. The minimum atomic E-state index is 0.837. The van der Waals surface area contributed by atoms with Gasteiger partial charge < -0.3 is 10.6 Å². The lowest BCUT2D eigenvalue weighted by molar-refractivity contribution is 0.253. The molecule has 1 atom stereocenters. The standard InChI is InChI=1S/C16H28N2/c1-4-6-7-14(5-2)12-18(3)13-15-8-10-16(17)11-9-15/h8-11,14H,4-7,12-13,17H2,1-3H3. The molecule has 102 valence electrons. The van der Waals surface area contributed by atoms with E-state index in [-0.39, 0.29) is 0 Å². The number of benzene rings is 1. The Morgan fingerprint density at radius 2 is 1.83 bits per heavy atom. The fraction of sp³-hybridized carbons (Fsp3) is 0.625. The number of anilines is 1. The van der Waals surface area contributed by atoms with Gasteiger partial charge in [0, 0.05) is 18.8 Å². The second kappa shape index (κ2) is 8.15. The van der Waals surface area contributed by atoms with Crippen molar-refractivity contribution < 1.29 is 0 Å². The van der Waals surface area contributed by atoms with Gasteiger partial charge in [0.2, 0.25) is 0 Å². The maximum Gasteiger partial charge on any atom is 0.0314 e. The van der Waals surface area contributed by atoms with E-state index in [0.29, 0.717) is 0 Å². The van der Waals surface area contributed by atoms with E-state index in [0.717, 1.165) is 18.2 Å². The summed E-state index contributed by atoms with van der Waals surface area (Å²) in [6.07, 6.45) is 5.30. The van der Waals surface area contributed by atoms with Crippen LogP contribution in [0.3, 0.4) is 0 Å². The summed E-state index contributed by atoms with van der Waals surface area (Å²) in [5.74, 6) is 0.837. The zero-order chi connectivity index (χ0) is 13.4. The van der Waals surface area contributed by atoms with Crippen molar-refractivity contribution in [2.45, 2.75) is 46.1 Å². The van der Waals surface area contributed by atoms with Gasteiger partial charge in [-0.15, -0.1) is 0 Å². The van der Waals surface area contributed by atoms with E-state index in [1.807, 2.05) is 12.1 Å². The van der Waals surface area contributed by atoms with E-state index in [1.54, 1.807) is 0 Å². The smallest absolute Gasteiger partial charge is 0.0314 e. The topological polar surface area (TPSA) is 29.3 Å². The van der Waals surface area contributed by atoms with Gasteiger partial charge in [-0.05, 0) is 37.1 Å². The van der Waals surface area contributed by atoms with E-state index in [4.69, 9.17) is 5.73 Å². The van der Waals surface area contributed by atoms with Crippen molar-refractivity contribution in [1.82, 2.24) is 4.90 Å². The maximum absolute atomic E-state index is 5.70. The van der Waals surface area contributed by atoms with Crippen molar-refractivity contribution >= 4 is 5.69 Å². The molecule has 0 aromatic heterocycles. The lowest BCUT2D eigenvalue weighted by Crippen LogP contribution is -2.25. The predicted molar refractivity (Wildman–Crippen MR) is 80.5 cm³/mol. The number of unbranched alkanes of at least 4 members (excludes halogenated alkanes) is 1. The Bertz CT molecular complexity index is 318. The fourth-order valence-corrected chi connectivity index (χ4v) is 2.36. The Morgan fingerprint density at radius 1 is 1.17 bits per heavy atom. The van der Waals surface area contributed by atoms with Crippen LogP contribution in [0.1, 0.15) is 45.1 Å². The highest BCUT2D eigenvalue weighted by Crippen LogP contribution is 2.15. The quantitative estimate of drug-likeness (QED) is 0.707. The summed E-state index contributed by atoms with van der Waals surface area (Å²) < 4.78 is 0. The summed E-state index contributed by atoms with van der Waals surface area (Å²) in [5.41, 5.74) is 7.89. The Morgan fingerprint density at radius 3 is 2.39 bits per heavy atom. The molecule has 0 aliphatic carbocycles. The predicted octanol–water partition coefficient (Wildman–Crippen LogP) is 3.92. The van der Waals surface area contributed by atoms with Crippen molar-refractivity contribution in [3.63, 3.8) is 0 Å². The zero-order valence-electron chi connectivity index (χ0n) is 12.2. The second-order valence-electron chi connectivity index (χ2n) is 5.35. The van der Waals surface area contributed by atoms with Gasteiger partial charge >= 0.3 is 0 Å². The third kappa shape index (κ3) is 5.54. The van der Waals surface area contributed by atoms with Crippen molar-refractivity contribution in [2.75, 3.05) is 19.3 Å². The van der Waals surface area contributed by atoms with Crippen molar-refractivity contribution in [2.24, 2.45) is 5.92 Å². The first-order valence-electron chi connectivity index (χ1n) is 7.18. The van der Waals surface area contributed by atoms with E-state index in [2.05, 4.69) is 37.9 Å². The molecule has 0 aliphatic rings. The van der Waals surface area contributed by atoms with Crippen molar-refractivity contribution in [3.05, 3.63) is 29.8 Å². The summed E-state index contributed by atoms with van der Waals surface area (Å²) in [6, 6.07) is 8.22. The summed E-state index contributed by atoms with van der Waals surface area (Å²) >= 11 is 0. The molecule has 0 bridgehead atoms. The van der Waals surface area contributed by atoms with Crippen LogP contribution in [0, 0.1) is 5.92 Å². The van der Waals surface area contributed by atoms with Gasteiger partial charge in [0.1, 0.15) is 0 Å². The maximum atomic E-state index is 5.70. The summed E-state index contributed by atoms with van der Waals surface area (Å²) in [4.78, 5) is 2.43. The van der Waals surface area contributed by atoms with Crippen molar-refractivity contribution in [1.29, 1.82) is 0 Å². The van der Waals surface area contributed by atoms with Gasteiger partial charge in [0.25, 0.3) is 0 Å². The number of nitrogen functional groups attached to an aromatic ring is 1. The average Bonchev–Trinajstić information content (AvgIpc) is 2.37. The molecule has 2 N–H and O–H groups in total. The van der Waals surface area contributed by atoms with Gasteiger partial charge in [-0.2, -0.15) is 0 Å². The normalized spacial score (nSPS) is 12.9. The molecule has 18 heavy (non-hydrogen) atoms. The van der Waals surface area contributed by atoms with Crippen molar-refractivity contribution in [3.8, 4) is 0 Å². The average molecular weight is 248 g/mol. The van der Waals surface area contributed by atoms with E-state index in [9.17, 15) is 0 Å². The summed E-state index contributed by atoms with van der Waals surface area (Å²) in [7, 11) is 2.21. The third-order valence-corrected chi connectivity index (χ3v) is 3.55. The molecule has 0 amide bonds. The van der Waals surface area contributed by atoms with E-state index >= 15 is 0 Å². The number of nitrogens with zero attached hydrogens (tertiary/aromatic N) is 1. The van der Waals surface area contributed by atoms with Crippen LogP contribution in [0.15, 0.2) is 24.3 Å². The molecule has 0 saturated carbocycles. The molecule has 2 nitrogen and oxygen atoms in total. The molecular formula is C16H28N2. The number of rotatable bonds is 8. The molecule has 0 saturated heterocycles. The van der Waals surface area contributed by atoms with Gasteiger partial charge in [-0.3, -0.25) is 0 Å². The lowest BCUT2D eigenvalue weighted by Gasteiger charge is -2.23. The molecular weight excluding hydrogens is 220 g/mol. The largest absolute Gasteiger partial charge is 0.399 e. The van der Waals surface area contributed by atoms with Crippen LogP contribution in [0.25, 0.3) is 0 Å². The lowest BCUT2D eigenvalue weighted by atomic mass is 9.99. The number of hydrogen-bond acceptors (Lipinski definition) is 2. The first-order chi connectivity index (χ1) is 8.65. The minimum Gasteiger partial charge on any atom is -0.399 e. The number of nitrogens with two attached hydrogens (primary N) is 1. The van der Waals surface area contributed by atoms with Crippen LogP contribution in [0.5, 0.6) is 0 Å². The molecule has 1 aromatic carbocycles. The zero-order valence-corrected chi connectivity index (χ0v) is 12.2. The SMILES string of the molecule is CCCCC(CC)CN(C)Cc1ccc(N)cc1. The van der Waals surface area contributed by atoms with Gasteiger partial charge in [0.15, 0.2) is 0 Å². The van der Waals surface area contributed by atoms with Crippen LogP contribution in [0.4, 0.5) is 5.69 Å². The minimum absolute atomic E-state index is 0.837. The molecule has 1 rings (SSSR count). The molecule has 1 unspecified atom stereocenters. The van der Waals surface area contributed by atoms with Crippen LogP contribution in [-0.4, -0.2) is 18.5 Å². The Balaban J connectivity index is 2.39. The highest BCUT2D eigenvalue weighted by Gasteiger charge is 2.09. The molecule has 2 heteroatoms. The molecule has 1 aromatic rings. The van der Waals surface area contributed by atoms with Crippen LogP contribution in [0.2, 0.25) is 0 Å². The Hall–Kier alpha value is -1.02. The highest BCUT2D eigenvalue weighted by atomic mass is 15.1. The molecule has 0 fully saturated rings. The Kier molecular flexibility index (Phi) is 6.81. The third-order valence-electron chi connectivity index (χ3n) is 3.55. The molecule has 0 spiro atoms. The van der Waals surface area contributed by atoms with E-state index < -0.39 is 0 Å². The van der Waals surface area contributed by atoms with Crippen LogP contribution >= 0.6 is 0 Å². The van der Waals surface area contributed by atoms with Crippen LogP contribution < -0.4 is 5.73 Å². The summed E-state index contributed by atoms with van der Waals surface area (Å²) in [6.45, 7) is 6.78. The van der Waals surface area contributed by atoms with Crippen LogP contribution in [-0.2, 0) is 6.54 Å². The number of hydrogen-bond donors (Lipinski definition) is 1. The second-order valence-corrected chi connectivity index (χ2v) is 5.35. The molecule has 0 radical (unpaired) electrons. The Labute approximate surface area is 112 Å². The van der Waals surface area contributed by atoms with Gasteiger partial charge in [-0.25, -0.2) is 0 Å². The first kappa shape index (κ1) is 15.0. The highest BCUT2D eigenvalue weighted by molar-refractivity contribution is 5.39. The van der Waals surface area contributed by atoms with Gasteiger partial charge in [0.05, 0.1) is 0 Å². The van der Waals surface area contributed by atoms with E-state index in [1.165, 1.54) is 37.8 Å². The van der Waals surface area contributed by atoms with Gasteiger partial charge in [-0.1, -0.05) is 45.2 Å². The monoisotopic (exact) mass is 248 g/mol.